The minimum absolute atomic E-state index is 1.17. The Kier molecular flexibility index (Phi) is 1.78. The van der Waals surface area contributed by atoms with Crippen LogP contribution in [0.25, 0.3) is 10.9 Å². The molecule has 0 aliphatic carbocycles. The lowest BCUT2D eigenvalue weighted by atomic mass is 10.0. The van der Waals surface area contributed by atoms with Crippen LogP contribution < -0.4 is 5.32 Å². The molecule has 0 radical (unpaired) electrons. The van der Waals surface area contributed by atoms with E-state index in [9.17, 15) is 0 Å². The lowest BCUT2D eigenvalue weighted by molar-refractivity contribution is 0.624. The van der Waals surface area contributed by atoms with Gasteiger partial charge in [0, 0.05) is 24.7 Å². The normalized spacial score (nSPS) is 14.5. The molecule has 0 saturated carbocycles. The van der Waals surface area contributed by atoms with Crippen molar-refractivity contribution in [2.24, 2.45) is 0 Å². The van der Waals surface area contributed by atoms with Crippen molar-refractivity contribution in [1.82, 2.24) is 4.57 Å². The third-order valence-electron chi connectivity index (χ3n) is 3.50. The molecule has 78 valence electrons. The molecule has 0 atom stereocenters. The van der Waals surface area contributed by atoms with E-state index in [1.54, 1.807) is 0 Å². The van der Waals surface area contributed by atoms with Crippen molar-refractivity contribution in [3.63, 3.8) is 0 Å². The fourth-order valence-electron chi connectivity index (χ4n) is 2.83. The van der Waals surface area contributed by atoms with E-state index in [0.717, 1.165) is 0 Å². The van der Waals surface area contributed by atoms with Gasteiger partial charge in [-0.25, -0.2) is 0 Å². The average molecular weight is 200 g/mol. The second-order valence-corrected chi connectivity index (χ2v) is 4.28. The van der Waals surface area contributed by atoms with Gasteiger partial charge in [0.05, 0.1) is 11.2 Å². The Morgan fingerprint density at radius 3 is 3.00 bits per heavy atom. The highest BCUT2D eigenvalue weighted by Crippen LogP contribution is 2.35. The largest absolute Gasteiger partial charge is 0.386 e. The van der Waals surface area contributed by atoms with Crippen molar-refractivity contribution in [1.29, 1.82) is 0 Å². The maximum Gasteiger partial charge on any atom is 0.0627 e. The van der Waals surface area contributed by atoms with E-state index in [0.29, 0.717) is 0 Å². The van der Waals surface area contributed by atoms with Gasteiger partial charge in [0.1, 0.15) is 0 Å². The van der Waals surface area contributed by atoms with E-state index in [2.05, 4.69) is 35.0 Å². The summed E-state index contributed by atoms with van der Waals surface area (Å²) in [7, 11) is 2.01. The smallest absolute Gasteiger partial charge is 0.0627 e. The quantitative estimate of drug-likeness (QED) is 0.749. The molecule has 0 saturated heterocycles. The molecule has 2 heteroatoms. The molecule has 2 nitrogen and oxygen atoms in total. The third kappa shape index (κ3) is 1.05. The lowest BCUT2D eigenvalue weighted by Crippen LogP contribution is -2.08. The van der Waals surface area contributed by atoms with Gasteiger partial charge in [-0.05, 0) is 25.3 Å². The number of hydrogen-bond donors (Lipinski definition) is 1. The molecule has 1 aromatic heterocycles. The van der Waals surface area contributed by atoms with Gasteiger partial charge in [0.15, 0.2) is 0 Å². The highest BCUT2D eigenvalue weighted by molar-refractivity contribution is 5.97. The Morgan fingerprint density at radius 1 is 1.33 bits per heavy atom. The van der Waals surface area contributed by atoms with E-state index < -0.39 is 0 Å². The summed E-state index contributed by atoms with van der Waals surface area (Å²) in [5, 5.41) is 4.71. The Balaban J connectivity index is 2.48. The average Bonchev–Trinajstić information content (AvgIpc) is 2.55. The maximum absolute atomic E-state index is 3.33. The molecular formula is C13H16N2. The first-order valence-corrected chi connectivity index (χ1v) is 5.61. The molecule has 1 aliphatic rings. The van der Waals surface area contributed by atoms with E-state index in [1.165, 1.54) is 47.2 Å². The van der Waals surface area contributed by atoms with Crippen molar-refractivity contribution in [2.75, 3.05) is 12.4 Å². The van der Waals surface area contributed by atoms with Crippen LogP contribution in [0.5, 0.6) is 0 Å². The van der Waals surface area contributed by atoms with Crippen LogP contribution in [0, 0.1) is 6.92 Å². The molecule has 15 heavy (non-hydrogen) atoms. The molecule has 1 N–H and O–H groups in total. The maximum atomic E-state index is 3.33. The van der Waals surface area contributed by atoms with Gasteiger partial charge in [0.25, 0.3) is 0 Å². The number of aromatic nitrogens is 1. The molecule has 2 aromatic rings. The minimum Gasteiger partial charge on any atom is -0.386 e. The van der Waals surface area contributed by atoms with Crippen LogP contribution >= 0.6 is 0 Å². The molecule has 1 aliphatic heterocycles. The first-order valence-electron chi connectivity index (χ1n) is 5.61. The minimum atomic E-state index is 1.17. The summed E-state index contributed by atoms with van der Waals surface area (Å²) in [4.78, 5) is 0. The summed E-state index contributed by atoms with van der Waals surface area (Å²) in [5.41, 5.74) is 5.63. The van der Waals surface area contributed by atoms with Gasteiger partial charge in [-0.15, -0.1) is 0 Å². The zero-order chi connectivity index (χ0) is 10.4. The van der Waals surface area contributed by atoms with E-state index >= 15 is 0 Å². The second-order valence-electron chi connectivity index (χ2n) is 4.28. The number of nitrogens with one attached hydrogen (secondary N) is 1. The van der Waals surface area contributed by atoms with Crippen molar-refractivity contribution in [3.8, 4) is 0 Å². The van der Waals surface area contributed by atoms with Gasteiger partial charge in [0.2, 0.25) is 0 Å². The topological polar surface area (TPSA) is 17.0 Å². The monoisotopic (exact) mass is 200 g/mol. The van der Waals surface area contributed by atoms with Gasteiger partial charge in [-0.2, -0.15) is 0 Å². The first kappa shape index (κ1) is 8.84. The van der Waals surface area contributed by atoms with Crippen molar-refractivity contribution >= 4 is 16.6 Å². The fraction of sp³-hybridized carbons (Fsp3) is 0.385. The highest BCUT2D eigenvalue weighted by Gasteiger charge is 2.18. The van der Waals surface area contributed by atoms with Gasteiger partial charge >= 0.3 is 0 Å². The molecule has 3 rings (SSSR count). The summed E-state index contributed by atoms with van der Waals surface area (Å²) in [5.74, 6) is 0. The summed E-state index contributed by atoms with van der Waals surface area (Å²) >= 11 is 0. The number of benzene rings is 1. The van der Waals surface area contributed by atoms with Gasteiger partial charge in [-0.3, -0.25) is 0 Å². The molecular weight excluding hydrogens is 184 g/mol. The lowest BCUT2D eigenvalue weighted by Gasteiger charge is -2.16. The number of para-hydroxylation sites is 1. The van der Waals surface area contributed by atoms with Crippen LogP contribution in [0.4, 0.5) is 5.69 Å². The molecule has 2 heterocycles. The van der Waals surface area contributed by atoms with Crippen LogP contribution in [0.1, 0.15) is 17.7 Å². The standard InChI is InChI=1S/C13H16N2/c1-9-12(14-2)11-7-3-5-10-6-4-8-15(9)13(10)11/h3,5,7,14H,4,6,8H2,1-2H3. The molecule has 0 amide bonds. The number of rotatable bonds is 1. The third-order valence-corrected chi connectivity index (χ3v) is 3.50. The summed E-state index contributed by atoms with van der Waals surface area (Å²) < 4.78 is 2.46. The Labute approximate surface area is 89.9 Å². The Bertz CT molecular complexity index is 523. The van der Waals surface area contributed by atoms with Gasteiger partial charge in [-0.1, -0.05) is 18.2 Å². The summed E-state index contributed by atoms with van der Waals surface area (Å²) in [6.07, 6.45) is 2.49. The van der Waals surface area contributed by atoms with Crippen molar-refractivity contribution in [3.05, 3.63) is 29.5 Å². The zero-order valence-electron chi connectivity index (χ0n) is 9.30. The number of nitrogens with zero attached hydrogens (tertiary/aromatic N) is 1. The number of anilines is 1. The molecule has 0 fully saturated rings. The van der Waals surface area contributed by atoms with Crippen LogP contribution in [0.15, 0.2) is 18.2 Å². The van der Waals surface area contributed by atoms with E-state index in [4.69, 9.17) is 0 Å². The van der Waals surface area contributed by atoms with Crippen LogP contribution in [0.3, 0.4) is 0 Å². The molecule has 0 spiro atoms. The predicted molar refractivity (Wildman–Crippen MR) is 64.5 cm³/mol. The SMILES string of the molecule is CNc1c(C)n2c3c(cccc13)CCC2. The second kappa shape index (κ2) is 3.02. The van der Waals surface area contributed by atoms with Crippen LogP contribution in [-0.4, -0.2) is 11.6 Å². The predicted octanol–water partition coefficient (Wildman–Crippen LogP) is 2.94. The van der Waals surface area contributed by atoms with E-state index in [-0.39, 0.29) is 0 Å². The Morgan fingerprint density at radius 2 is 2.20 bits per heavy atom. The molecule has 0 bridgehead atoms. The molecule has 1 aromatic carbocycles. The highest BCUT2D eigenvalue weighted by atomic mass is 15.0. The van der Waals surface area contributed by atoms with E-state index in [1.807, 2.05) is 7.05 Å². The van der Waals surface area contributed by atoms with Crippen molar-refractivity contribution in [2.45, 2.75) is 26.3 Å². The Hall–Kier alpha value is -1.44. The van der Waals surface area contributed by atoms with Crippen LogP contribution in [0.2, 0.25) is 0 Å². The number of aryl methyl sites for hydroxylation is 2. The molecule has 0 unspecified atom stereocenters. The van der Waals surface area contributed by atoms with Crippen LogP contribution in [-0.2, 0) is 13.0 Å². The van der Waals surface area contributed by atoms with Gasteiger partial charge < -0.3 is 9.88 Å². The first-order chi connectivity index (χ1) is 7.33. The fourth-order valence-corrected chi connectivity index (χ4v) is 2.83. The van der Waals surface area contributed by atoms with Crippen molar-refractivity contribution < 1.29 is 0 Å². The zero-order valence-corrected chi connectivity index (χ0v) is 9.30. The summed E-state index contributed by atoms with van der Waals surface area (Å²) in [6.45, 7) is 3.38. The number of hydrogen-bond acceptors (Lipinski definition) is 1. The summed E-state index contributed by atoms with van der Waals surface area (Å²) in [6, 6.07) is 6.66.